The molecule has 0 aromatic rings. The summed E-state index contributed by atoms with van der Waals surface area (Å²) in [6, 6.07) is -0.659. The Hall–Kier alpha value is -1.26. The fourth-order valence-electron chi connectivity index (χ4n) is 2.76. The van der Waals surface area contributed by atoms with E-state index in [0.29, 0.717) is 13.2 Å². The van der Waals surface area contributed by atoms with Crippen LogP contribution in [0.2, 0.25) is 0 Å². The number of unbranched alkanes of at least 4 members (excludes halogenated alkanes) is 9. The standard InChI is InChI=1S/C22H43NO4/c1-6-7-8-9-10-11-12-13-14-15-16-26-21(24)20(19(4)5)23-22(25)27-17-18(2)3/h18-20H,6-17H2,1-5H3,(H,23,25). The summed E-state index contributed by atoms with van der Waals surface area (Å²) in [5.74, 6) is -0.157. The summed E-state index contributed by atoms with van der Waals surface area (Å²) in [7, 11) is 0. The molecule has 0 heterocycles. The molecule has 0 rings (SSSR count). The molecule has 0 aromatic carbocycles. The highest BCUT2D eigenvalue weighted by Crippen LogP contribution is 2.11. The van der Waals surface area contributed by atoms with E-state index in [1.807, 2.05) is 27.7 Å². The van der Waals surface area contributed by atoms with Crippen LogP contribution in [-0.2, 0) is 14.3 Å². The molecular weight excluding hydrogens is 342 g/mol. The highest BCUT2D eigenvalue weighted by Gasteiger charge is 2.26. The Bertz CT molecular complexity index is 383. The first-order valence-electron chi connectivity index (χ1n) is 11.0. The minimum Gasteiger partial charge on any atom is -0.464 e. The number of carbonyl (C=O) groups excluding carboxylic acids is 2. The van der Waals surface area contributed by atoms with Crippen molar-refractivity contribution in [2.45, 2.75) is 105 Å². The van der Waals surface area contributed by atoms with Gasteiger partial charge in [-0.2, -0.15) is 0 Å². The fourth-order valence-corrected chi connectivity index (χ4v) is 2.76. The lowest BCUT2D eigenvalue weighted by molar-refractivity contribution is -0.147. The molecule has 0 bridgehead atoms. The Morgan fingerprint density at radius 3 is 1.78 bits per heavy atom. The minimum atomic E-state index is -0.659. The van der Waals surface area contributed by atoms with E-state index in [0.717, 1.165) is 12.8 Å². The first-order chi connectivity index (χ1) is 12.9. The monoisotopic (exact) mass is 385 g/mol. The molecule has 27 heavy (non-hydrogen) atoms. The van der Waals surface area contributed by atoms with E-state index in [2.05, 4.69) is 12.2 Å². The molecule has 0 saturated heterocycles. The number of amides is 1. The molecular formula is C22H43NO4. The van der Waals surface area contributed by atoms with Gasteiger partial charge in [0, 0.05) is 0 Å². The zero-order valence-electron chi connectivity index (χ0n) is 18.4. The number of ether oxygens (including phenoxy) is 2. The second-order valence-corrected chi connectivity index (χ2v) is 8.21. The van der Waals surface area contributed by atoms with E-state index in [4.69, 9.17) is 9.47 Å². The van der Waals surface area contributed by atoms with Gasteiger partial charge >= 0.3 is 12.1 Å². The van der Waals surface area contributed by atoms with Gasteiger partial charge in [0.1, 0.15) is 6.04 Å². The molecule has 1 N–H and O–H groups in total. The predicted molar refractivity (Wildman–Crippen MR) is 111 cm³/mol. The van der Waals surface area contributed by atoms with E-state index in [9.17, 15) is 9.59 Å². The van der Waals surface area contributed by atoms with Gasteiger partial charge in [-0.3, -0.25) is 0 Å². The molecule has 0 radical (unpaired) electrons. The molecule has 0 aliphatic carbocycles. The lowest BCUT2D eigenvalue weighted by Crippen LogP contribution is -2.45. The summed E-state index contributed by atoms with van der Waals surface area (Å²) in [6.45, 7) is 10.7. The summed E-state index contributed by atoms with van der Waals surface area (Å²) in [6.07, 6.45) is 11.9. The van der Waals surface area contributed by atoms with Crippen LogP contribution in [0, 0.1) is 11.8 Å². The second-order valence-electron chi connectivity index (χ2n) is 8.21. The first kappa shape index (κ1) is 25.7. The van der Waals surface area contributed by atoms with Crippen LogP contribution in [0.15, 0.2) is 0 Å². The van der Waals surface area contributed by atoms with Gasteiger partial charge in [-0.1, -0.05) is 92.4 Å². The molecule has 5 nitrogen and oxygen atoms in total. The summed E-state index contributed by atoms with van der Waals surface area (Å²) in [4.78, 5) is 24.0. The van der Waals surface area contributed by atoms with Crippen molar-refractivity contribution in [3.63, 3.8) is 0 Å². The minimum absolute atomic E-state index is 0.0446. The molecule has 0 fully saturated rings. The van der Waals surface area contributed by atoms with Crippen LogP contribution in [0.25, 0.3) is 0 Å². The zero-order chi connectivity index (χ0) is 20.5. The number of nitrogens with one attached hydrogen (secondary N) is 1. The van der Waals surface area contributed by atoms with Crippen LogP contribution in [0.5, 0.6) is 0 Å². The molecule has 0 saturated carbocycles. The summed E-state index contributed by atoms with van der Waals surface area (Å²) >= 11 is 0. The summed E-state index contributed by atoms with van der Waals surface area (Å²) in [5.41, 5.74) is 0. The van der Waals surface area contributed by atoms with Crippen molar-refractivity contribution < 1.29 is 19.1 Å². The van der Waals surface area contributed by atoms with Crippen molar-refractivity contribution in [3.8, 4) is 0 Å². The molecule has 1 unspecified atom stereocenters. The van der Waals surface area contributed by atoms with Gasteiger partial charge < -0.3 is 14.8 Å². The maximum Gasteiger partial charge on any atom is 0.407 e. The van der Waals surface area contributed by atoms with Crippen molar-refractivity contribution in [1.82, 2.24) is 5.32 Å². The molecule has 0 aliphatic heterocycles. The van der Waals surface area contributed by atoms with Gasteiger partial charge in [0.25, 0.3) is 0 Å². The quantitative estimate of drug-likeness (QED) is 0.267. The van der Waals surface area contributed by atoms with E-state index in [-0.39, 0.29) is 17.8 Å². The van der Waals surface area contributed by atoms with Crippen LogP contribution >= 0.6 is 0 Å². The maximum absolute atomic E-state index is 12.2. The van der Waals surface area contributed by atoms with Crippen molar-refractivity contribution in [2.24, 2.45) is 11.8 Å². The first-order valence-corrected chi connectivity index (χ1v) is 11.0. The van der Waals surface area contributed by atoms with Crippen molar-refractivity contribution in [2.75, 3.05) is 13.2 Å². The van der Waals surface area contributed by atoms with Crippen molar-refractivity contribution in [3.05, 3.63) is 0 Å². The highest BCUT2D eigenvalue weighted by atomic mass is 16.6. The van der Waals surface area contributed by atoms with Crippen LogP contribution in [0.1, 0.15) is 98.8 Å². The Kier molecular flexibility index (Phi) is 16.1. The van der Waals surface area contributed by atoms with Gasteiger partial charge in [0.15, 0.2) is 0 Å². The average Bonchev–Trinajstić information content (AvgIpc) is 2.62. The molecule has 1 atom stereocenters. The molecule has 1 amide bonds. The van der Waals surface area contributed by atoms with E-state index in [1.54, 1.807) is 0 Å². The number of hydrogen-bond acceptors (Lipinski definition) is 4. The predicted octanol–water partition coefficient (Wildman–Crippen LogP) is 5.86. The normalized spacial score (nSPS) is 12.3. The highest BCUT2D eigenvalue weighted by molar-refractivity contribution is 5.81. The Labute approximate surface area is 167 Å². The van der Waals surface area contributed by atoms with Gasteiger partial charge in [0.2, 0.25) is 0 Å². The lowest BCUT2D eigenvalue weighted by atomic mass is 10.1. The Morgan fingerprint density at radius 2 is 1.30 bits per heavy atom. The van der Waals surface area contributed by atoms with Crippen molar-refractivity contribution in [1.29, 1.82) is 0 Å². The number of rotatable bonds is 16. The second kappa shape index (κ2) is 16.9. The number of esters is 1. The molecule has 160 valence electrons. The van der Waals surface area contributed by atoms with Gasteiger partial charge in [0.05, 0.1) is 13.2 Å². The van der Waals surface area contributed by atoms with Gasteiger partial charge in [-0.25, -0.2) is 9.59 Å². The third kappa shape index (κ3) is 15.5. The molecule has 0 spiro atoms. The SMILES string of the molecule is CCCCCCCCCCCCOC(=O)C(NC(=O)OCC(C)C)C(C)C. The van der Waals surface area contributed by atoms with E-state index >= 15 is 0 Å². The molecule has 0 aromatic heterocycles. The van der Waals surface area contributed by atoms with Crippen LogP contribution < -0.4 is 5.32 Å². The summed E-state index contributed by atoms with van der Waals surface area (Å²) < 4.78 is 10.4. The molecule has 5 heteroatoms. The third-order valence-corrected chi connectivity index (χ3v) is 4.48. The van der Waals surface area contributed by atoms with Crippen LogP contribution in [0.4, 0.5) is 4.79 Å². The largest absolute Gasteiger partial charge is 0.464 e. The van der Waals surface area contributed by atoms with E-state index in [1.165, 1.54) is 51.4 Å². The number of alkyl carbamates (subject to hydrolysis) is 1. The van der Waals surface area contributed by atoms with Crippen molar-refractivity contribution >= 4 is 12.1 Å². The topological polar surface area (TPSA) is 64.6 Å². The smallest absolute Gasteiger partial charge is 0.407 e. The number of carbonyl (C=O) groups is 2. The third-order valence-electron chi connectivity index (χ3n) is 4.48. The Balaban J connectivity index is 3.81. The number of hydrogen-bond donors (Lipinski definition) is 1. The fraction of sp³-hybridized carbons (Fsp3) is 0.909. The lowest BCUT2D eigenvalue weighted by Gasteiger charge is -2.21. The van der Waals surface area contributed by atoms with Crippen LogP contribution in [-0.4, -0.2) is 31.3 Å². The van der Waals surface area contributed by atoms with Crippen LogP contribution in [0.3, 0.4) is 0 Å². The zero-order valence-corrected chi connectivity index (χ0v) is 18.4. The van der Waals surface area contributed by atoms with Gasteiger partial charge in [-0.05, 0) is 18.3 Å². The Morgan fingerprint density at radius 1 is 0.778 bits per heavy atom. The van der Waals surface area contributed by atoms with Gasteiger partial charge in [-0.15, -0.1) is 0 Å². The molecule has 0 aliphatic rings. The summed E-state index contributed by atoms with van der Waals surface area (Å²) in [5, 5.41) is 2.63. The average molecular weight is 386 g/mol. The maximum atomic E-state index is 12.2. The van der Waals surface area contributed by atoms with E-state index < -0.39 is 12.1 Å².